The first kappa shape index (κ1) is 15.3. The van der Waals surface area contributed by atoms with Gasteiger partial charge < -0.3 is 20.5 Å². The van der Waals surface area contributed by atoms with Crippen LogP contribution in [0.3, 0.4) is 0 Å². The molecule has 1 amide bonds. The lowest BCUT2D eigenvalue weighted by molar-refractivity contribution is -0.151. The molecule has 1 aliphatic heterocycles. The van der Waals surface area contributed by atoms with Crippen LogP contribution in [-0.2, 0) is 14.3 Å². The van der Waals surface area contributed by atoms with Crippen LogP contribution in [0.2, 0.25) is 0 Å². The Labute approximate surface area is 119 Å². The zero-order valence-corrected chi connectivity index (χ0v) is 12.0. The smallest absolute Gasteiger partial charge is 0.311 e. The van der Waals surface area contributed by atoms with Crippen LogP contribution < -0.4 is 10.6 Å². The molecule has 0 bridgehead atoms. The minimum absolute atomic E-state index is 0.0638. The summed E-state index contributed by atoms with van der Waals surface area (Å²) in [4.78, 5) is 23.6. The van der Waals surface area contributed by atoms with Gasteiger partial charge in [0.1, 0.15) is 0 Å². The van der Waals surface area contributed by atoms with E-state index in [2.05, 4.69) is 10.6 Å². The minimum Gasteiger partial charge on any atom is -0.481 e. The normalized spacial score (nSPS) is 29.1. The highest BCUT2D eigenvalue weighted by atomic mass is 16.5. The Hall–Kier alpha value is -1.14. The van der Waals surface area contributed by atoms with E-state index in [0.717, 1.165) is 19.3 Å². The Morgan fingerprint density at radius 3 is 2.60 bits per heavy atom. The van der Waals surface area contributed by atoms with Gasteiger partial charge in [-0.1, -0.05) is 19.3 Å². The molecule has 0 aromatic rings. The molecular weight excluding hydrogens is 260 g/mol. The topological polar surface area (TPSA) is 87.7 Å². The van der Waals surface area contributed by atoms with Crippen molar-refractivity contribution in [3.63, 3.8) is 0 Å². The molecule has 0 aromatic carbocycles. The third-order valence-electron chi connectivity index (χ3n) is 4.61. The summed E-state index contributed by atoms with van der Waals surface area (Å²) in [5.41, 5.74) is -0.771. The number of methoxy groups -OCH3 is 1. The predicted molar refractivity (Wildman–Crippen MR) is 73.4 cm³/mol. The van der Waals surface area contributed by atoms with E-state index in [-0.39, 0.29) is 24.6 Å². The molecule has 1 heterocycles. The highest BCUT2D eigenvalue weighted by Gasteiger charge is 2.40. The van der Waals surface area contributed by atoms with Gasteiger partial charge in [0.05, 0.1) is 17.6 Å². The van der Waals surface area contributed by atoms with Crippen molar-refractivity contribution in [1.29, 1.82) is 0 Å². The van der Waals surface area contributed by atoms with Crippen molar-refractivity contribution >= 4 is 11.9 Å². The number of hydrogen-bond donors (Lipinski definition) is 3. The molecule has 114 valence electrons. The average molecular weight is 284 g/mol. The van der Waals surface area contributed by atoms with Gasteiger partial charge >= 0.3 is 5.97 Å². The van der Waals surface area contributed by atoms with E-state index >= 15 is 0 Å². The lowest BCUT2D eigenvalue weighted by Crippen LogP contribution is -2.48. The van der Waals surface area contributed by atoms with Crippen LogP contribution in [0.15, 0.2) is 0 Å². The first-order chi connectivity index (χ1) is 9.57. The Kier molecular flexibility index (Phi) is 4.99. The summed E-state index contributed by atoms with van der Waals surface area (Å²) in [6.45, 7) is 0.898. The van der Waals surface area contributed by atoms with Gasteiger partial charge in [0.2, 0.25) is 5.91 Å². The summed E-state index contributed by atoms with van der Waals surface area (Å²) in [5, 5.41) is 15.4. The number of ether oxygens (including phenoxy) is 1. The molecular formula is C14H24N2O4. The quantitative estimate of drug-likeness (QED) is 0.685. The fraction of sp³-hybridized carbons (Fsp3) is 0.857. The second-order valence-corrected chi connectivity index (χ2v) is 5.92. The van der Waals surface area contributed by atoms with E-state index in [4.69, 9.17) is 4.74 Å². The number of carboxylic acids is 1. The van der Waals surface area contributed by atoms with Gasteiger partial charge in [-0.25, -0.2) is 0 Å². The molecule has 2 atom stereocenters. The Morgan fingerprint density at radius 1 is 1.35 bits per heavy atom. The molecule has 3 N–H and O–H groups in total. The summed E-state index contributed by atoms with van der Waals surface area (Å²) in [6.07, 6.45) is 4.95. The number of carbonyl (C=O) groups excluding carboxylic acids is 1. The van der Waals surface area contributed by atoms with E-state index < -0.39 is 11.4 Å². The molecule has 1 saturated carbocycles. The Balaban J connectivity index is 1.86. The summed E-state index contributed by atoms with van der Waals surface area (Å²) in [6, 6.07) is -0.269. The first-order valence-electron chi connectivity index (χ1n) is 7.35. The van der Waals surface area contributed by atoms with Crippen LogP contribution >= 0.6 is 0 Å². The Morgan fingerprint density at radius 2 is 2.05 bits per heavy atom. The van der Waals surface area contributed by atoms with E-state index in [1.54, 1.807) is 7.11 Å². The molecule has 6 nitrogen and oxygen atoms in total. The fourth-order valence-electron chi connectivity index (χ4n) is 3.16. The van der Waals surface area contributed by atoms with Gasteiger partial charge in [0, 0.05) is 20.2 Å². The van der Waals surface area contributed by atoms with Crippen molar-refractivity contribution in [3.05, 3.63) is 0 Å². The monoisotopic (exact) mass is 284 g/mol. The van der Waals surface area contributed by atoms with Gasteiger partial charge in [-0.2, -0.15) is 0 Å². The molecule has 1 saturated heterocycles. The SMILES string of the molecule is COC1CNC(C(=O)NCC2(C(=O)O)CCCCC2)C1. The molecule has 2 rings (SSSR count). The van der Waals surface area contributed by atoms with Gasteiger partial charge in [-0.05, 0) is 19.3 Å². The van der Waals surface area contributed by atoms with Gasteiger partial charge in [0.25, 0.3) is 0 Å². The first-order valence-corrected chi connectivity index (χ1v) is 7.35. The number of carboxylic acid groups (broad SMARTS) is 1. The van der Waals surface area contributed by atoms with Crippen LogP contribution in [0.25, 0.3) is 0 Å². The third-order valence-corrected chi connectivity index (χ3v) is 4.61. The van der Waals surface area contributed by atoms with Crippen molar-refractivity contribution in [2.24, 2.45) is 5.41 Å². The summed E-state index contributed by atoms with van der Waals surface area (Å²) < 4.78 is 5.21. The van der Waals surface area contributed by atoms with Crippen LogP contribution in [0.5, 0.6) is 0 Å². The number of carbonyl (C=O) groups is 2. The van der Waals surface area contributed by atoms with Gasteiger partial charge in [0.15, 0.2) is 0 Å². The van der Waals surface area contributed by atoms with Crippen LogP contribution in [0.1, 0.15) is 38.5 Å². The van der Waals surface area contributed by atoms with E-state index in [1.807, 2.05) is 0 Å². The van der Waals surface area contributed by atoms with Gasteiger partial charge in [-0.3, -0.25) is 9.59 Å². The maximum Gasteiger partial charge on any atom is 0.311 e. The van der Waals surface area contributed by atoms with Gasteiger partial charge in [-0.15, -0.1) is 0 Å². The number of nitrogens with one attached hydrogen (secondary N) is 2. The molecule has 20 heavy (non-hydrogen) atoms. The largest absolute Gasteiger partial charge is 0.481 e. The molecule has 2 aliphatic rings. The highest BCUT2D eigenvalue weighted by Crippen LogP contribution is 2.36. The van der Waals surface area contributed by atoms with Crippen molar-refractivity contribution in [1.82, 2.24) is 10.6 Å². The van der Waals surface area contributed by atoms with Crippen molar-refractivity contribution in [2.45, 2.75) is 50.7 Å². The van der Waals surface area contributed by atoms with Crippen molar-refractivity contribution in [2.75, 3.05) is 20.2 Å². The molecule has 0 spiro atoms. The zero-order chi connectivity index (χ0) is 14.6. The second-order valence-electron chi connectivity index (χ2n) is 5.92. The zero-order valence-electron chi connectivity index (χ0n) is 12.0. The minimum atomic E-state index is -0.786. The number of rotatable bonds is 5. The lowest BCUT2D eigenvalue weighted by Gasteiger charge is -2.33. The predicted octanol–water partition coefficient (Wildman–Crippen LogP) is 0.515. The highest BCUT2D eigenvalue weighted by molar-refractivity contribution is 5.83. The second kappa shape index (κ2) is 6.54. The van der Waals surface area contributed by atoms with Crippen LogP contribution in [0, 0.1) is 5.41 Å². The van der Waals surface area contributed by atoms with E-state index in [0.29, 0.717) is 25.8 Å². The van der Waals surface area contributed by atoms with Crippen molar-refractivity contribution < 1.29 is 19.4 Å². The molecule has 1 aliphatic carbocycles. The number of hydrogen-bond acceptors (Lipinski definition) is 4. The lowest BCUT2D eigenvalue weighted by atomic mass is 9.74. The van der Waals surface area contributed by atoms with Crippen LogP contribution in [0.4, 0.5) is 0 Å². The summed E-state index contributed by atoms with van der Waals surface area (Å²) >= 11 is 0. The molecule has 0 aromatic heterocycles. The average Bonchev–Trinajstić information content (AvgIpc) is 2.94. The maximum atomic E-state index is 12.1. The van der Waals surface area contributed by atoms with E-state index in [9.17, 15) is 14.7 Å². The number of aliphatic carboxylic acids is 1. The maximum absolute atomic E-state index is 12.1. The van der Waals surface area contributed by atoms with E-state index in [1.165, 1.54) is 0 Å². The fourth-order valence-corrected chi connectivity index (χ4v) is 3.16. The molecule has 6 heteroatoms. The Bertz CT molecular complexity index is 366. The number of amides is 1. The standard InChI is InChI=1S/C14H24N2O4/c1-20-10-7-11(15-8-10)12(17)16-9-14(13(18)19)5-3-2-4-6-14/h10-11,15H,2-9H2,1H3,(H,16,17)(H,18,19). The molecule has 0 radical (unpaired) electrons. The van der Waals surface area contributed by atoms with Crippen LogP contribution in [-0.4, -0.2) is 49.3 Å². The summed E-state index contributed by atoms with van der Waals surface area (Å²) in [7, 11) is 1.63. The van der Waals surface area contributed by atoms with Crippen molar-refractivity contribution in [3.8, 4) is 0 Å². The molecule has 2 unspecified atom stereocenters. The summed E-state index contributed by atoms with van der Waals surface area (Å²) in [5.74, 6) is -0.901. The molecule has 2 fully saturated rings. The third kappa shape index (κ3) is 3.30.